The van der Waals surface area contributed by atoms with E-state index in [0.717, 1.165) is 0 Å². The van der Waals surface area contributed by atoms with Gasteiger partial charge in [-0.25, -0.2) is 0 Å². The zero-order valence-electron chi connectivity index (χ0n) is 11.3. The normalized spacial score (nSPS) is 13.2. The number of aliphatic hydroxyl groups excluding tert-OH is 1. The van der Waals surface area contributed by atoms with Crippen molar-refractivity contribution in [3.8, 4) is 0 Å². The highest BCUT2D eigenvalue weighted by Gasteiger charge is 2.06. The number of hydrogen-bond acceptors (Lipinski definition) is 3. The van der Waals surface area contributed by atoms with Crippen LogP contribution in [0.2, 0.25) is 0 Å². The van der Waals surface area contributed by atoms with Gasteiger partial charge in [0.05, 0.1) is 19.1 Å². The Kier molecular flexibility index (Phi) is 5.35. The third-order valence-corrected chi connectivity index (χ3v) is 2.57. The Morgan fingerprint density at radius 3 is 2.70 bits per heavy atom. The molecule has 0 amide bonds. The summed E-state index contributed by atoms with van der Waals surface area (Å²) in [6.45, 7) is 10.8. The predicted molar refractivity (Wildman–Crippen MR) is 82.4 cm³/mol. The second-order valence-corrected chi connectivity index (χ2v) is 3.90. The lowest BCUT2D eigenvalue weighted by atomic mass is 10.1. The molecule has 0 aromatic carbocycles. The van der Waals surface area contributed by atoms with Gasteiger partial charge in [-0.2, -0.15) is 0 Å². The minimum absolute atomic E-state index is 0.0565. The minimum atomic E-state index is -0.354. The maximum absolute atomic E-state index is 11.9. The van der Waals surface area contributed by atoms with Crippen LogP contribution in [0.15, 0.2) is 54.1 Å². The van der Waals surface area contributed by atoms with Crippen LogP contribution in [0.5, 0.6) is 0 Å². The van der Waals surface area contributed by atoms with Crippen molar-refractivity contribution in [2.24, 2.45) is 0 Å². The molecule has 1 rings (SSSR count). The number of aliphatic hydroxyl groups is 1. The Bertz CT molecular complexity index is 736. The van der Waals surface area contributed by atoms with Gasteiger partial charge in [-0.05, 0) is 18.2 Å². The van der Waals surface area contributed by atoms with Crippen molar-refractivity contribution in [2.45, 2.75) is 0 Å². The molecule has 0 spiro atoms. The molecule has 0 saturated carbocycles. The van der Waals surface area contributed by atoms with Crippen LogP contribution in [0.1, 0.15) is 5.69 Å². The summed E-state index contributed by atoms with van der Waals surface area (Å²) < 4.78 is 4.92. The lowest BCUT2D eigenvalue weighted by Gasteiger charge is -2.05. The summed E-state index contributed by atoms with van der Waals surface area (Å²) in [6, 6.07) is 1.66. The molecule has 4 heteroatoms. The van der Waals surface area contributed by atoms with E-state index >= 15 is 0 Å². The Morgan fingerprint density at radius 2 is 2.15 bits per heavy atom. The van der Waals surface area contributed by atoms with Crippen molar-refractivity contribution in [1.82, 2.24) is 4.98 Å². The van der Waals surface area contributed by atoms with E-state index in [0.29, 0.717) is 21.7 Å². The molecule has 104 valence electrons. The van der Waals surface area contributed by atoms with Gasteiger partial charge >= 0.3 is 0 Å². The Morgan fingerprint density at radius 1 is 1.45 bits per heavy atom. The lowest BCUT2D eigenvalue weighted by Crippen LogP contribution is -2.40. The molecule has 2 N–H and O–H groups in total. The zero-order chi connectivity index (χ0) is 15.1. The van der Waals surface area contributed by atoms with Crippen molar-refractivity contribution < 1.29 is 9.84 Å². The van der Waals surface area contributed by atoms with E-state index in [1.54, 1.807) is 24.3 Å². The van der Waals surface area contributed by atoms with Crippen LogP contribution >= 0.6 is 0 Å². The molecule has 0 saturated heterocycles. The number of aromatic nitrogens is 1. The number of methoxy groups -OCH3 is 1. The van der Waals surface area contributed by atoms with Crippen LogP contribution in [0.3, 0.4) is 0 Å². The Labute approximate surface area is 117 Å². The Hall–Kier alpha value is -2.75. The summed E-state index contributed by atoms with van der Waals surface area (Å²) in [5.41, 5.74) is 0.496. The van der Waals surface area contributed by atoms with Crippen molar-refractivity contribution in [3.05, 3.63) is 75.8 Å². The largest absolute Gasteiger partial charge is 0.507 e. The molecule has 0 fully saturated rings. The highest BCUT2D eigenvalue weighted by molar-refractivity contribution is 5.75. The SMILES string of the molecule is C=C/C=C\C(=C(\O)C=C)c1c/c(=C/OC)c(=C)c(=O)[nH]1. The molecule has 1 aromatic rings. The number of hydrogen-bond donors (Lipinski definition) is 2. The van der Waals surface area contributed by atoms with Gasteiger partial charge in [-0.15, -0.1) is 0 Å². The van der Waals surface area contributed by atoms with Crippen LogP contribution in [0.4, 0.5) is 0 Å². The molecule has 20 heavy (non-hydrogen) atoms. The lowest BCUT2D eigenvalue weighted by molar-refractivity contribution is 0.391. The standard InChI is InChI=1S/C16H17NO3/c1-5-7-8-13(15(18)6-2)14-9-12(10-20-4)11(3)16(19)17-14/h5-10,18H,1-3H2,4H3,(H,17,19)/b8-7-,12-10-,15-13-. The number of H-pyrrole nitrogens is 1. The second kappa shape index (κ2) is 6.99. The number of aromatic amines is 1. The number of pyridine rings is 1. The molecule has 0 aliphatic heterocycles. The molecule has 4 nitrogen and oxygen atoms in total. The number of allylic oxidation sites excluding steroid dienone is 5. The molecule has 0 unspecified atom stereocenters. The van der Waals surface area contributed by atoms with Crippen LogP contribution in [-0.4, -0.2) is 17.2 Å². The average molecular weight is 271 g/mol. The molecule has 0 atom stereocenters. The summed E-state index contributed by atoms with van der Waals surface area (Å²) in [5.74, 6) is -0.0565. The molecular formula is C16H17NO3. The van der Waals surface area contributed by atoms with Crippen molar-refractivity contribution in [1.29, 1.82) is 0 Å². The van der Waals surface area contributed by atoms with Crippen molar-refractivity contribution in [2.75, 3.05) is 7.11 Å². The topological polar surface area (TPSA) is 62.3 Å². The van der Waals surface area contributed by atoms with Crippen molar-refractivity contribution in [3.63, 3.8) is 0 Å². The van der Waals surface area contributed by atoms with Gasteiger partial charge < -0.3 is 14.8 Å². The highest BCUT2D eigenvalue weighted by Crippen LogP contribution is 2.15. The van der Waals surface area contributed by atoms with Crippen LogP contribution < -0.4 is 16.0 Å². The van der Waals surface area contributed by atoms with E-state index in [9.17, 15) is 9.90 Å². The summed E-state index contributed by atoms with van der Waals surface area (Å²) in [5, 5.41) is 10.7. The molecule has 0 aliphatic rings. The number of nitrogens with one attached hydrogen (secondary N) is 1. The third-order valence-electron chi connectivity index (χ3n) is 2.57. The molecule has 0 radical (unpaired) electrons. The van der Waals surface area contributed by atoms with Gasteiger partial charge in [-0.1, -0.05) is 31.9 Å². The number of ether oxygens (including phenoxy) is 1. The molecule has 0 bridgehead atoms. The van der Waals surface area contributed by atoms with E-state index in [1.807, 2.05) is 0 Å². The molecule has 1 heterocycles. The van der Waals surface area contributed by atoms with Crippen LogP contribution in [0, 0.1) is 0 Å². The fourth-order valence-electron chi connectivity index (χ4n) is 1.57. The fraction of sp³-hybridized carbons (Fsp3) is 0.0625. The first-order valence-electron chi connectivity index (χ1n) is 5.85. The van der Waals surface area contributed by atoms with E-state index in [2.05, 4.69) is 24.7 Å². The van der Waals surface area contributed by atoms with Gasteiger partial charge in [-0.3, -0.25) is 4.79 Å². The van der Waals surface area contributed by atoms with E-state index in [-0.39, 0.29) is 11.3 Å². The molecule has 1 aromatic heterocycles. The van der Waals surface area contributed by atoms with Gasteiger partial charge in [0, 0.05) is 16.0 Å². The monoisotopic (exact) mass is 271 g/mol. The van der Waals surface area contributed by atoms with E-state index in [4.69, 9.17) is 4.74 Å². The molecular weight excluding hydrogens is 254 g/mol. The Balaban J connectivity index is 3.67. The van der Waals surface area contributed by atoms with Gasteiger partial charge in [0.15, 0.2) is 0 Å². The maximum Gasteiger partial charge on any atom is 0.255 e. The zero-order valence-corrected chi connectivity index (χ0v) is 11.3. The second-order valence-electron chi connectivity index (χ2n) is 3.90. The first-order chi connectivity index (χ1) is 9.54. The quantitative estimate of drug-likeness (QED) is 0.628. The highest BCUT2D eigenvalue weighted by atomic mass is 16.5. The summed E-state index contributed by atoms with van der Waals surface area (Å²) in [4.78, 5) is 14.5. The predicted octanol–water partition coefficient (Wildman–Crippen LogP) is 1.37. The van der Waals surface area contributed by atoms with Gasteiger partial charge in [0.25, 0.3) is 5.56 Å². The summed E-state index contributed by atoms with van der Waals surface area (Å²) in [6.07, 6.45) is 7.53. The maximum atomic E-state index is 11.9. The van der Waals surface area contributed by atoms with E-state index in [1.165, 1.54) is 19.4 Å². The van der Waals surface area contributed by atoms with E-state index < -0.39 is 0 Å². The van der Waals surface area contributed by atoms with Gasteiger partial charge in [0.1, 0.15) is 5.76 Å². The molecule has 0 aliphatic carbocycles. The minimum Gasteiger partial charge on any atom is -0.507 e. The fourth-order valence-corrected chi connectivity index (χ4v) is 1.57. The first-order valence-corrected chi connectivity index (χ1v) is 5.85. The third kappa shape index (κ3) is 3.38. The van der Waals surface area contributed by atoms with Crippen molar-refractivity contribution >= 4 is 18.4 Å². The van der Waals surface area contributed by atoms with Crippen LogP contribution in [0.25, 0.3) is 18.4 Å². The van der Waals surface area contributed by atoms with Gasteiger partial charge in [0.2, 0.25) is 0 Å². The summed E-state index contributed by atoms with van der Waals surface area (Å²) in [7, 11) is 1.48. The van der Waals surface area contributed by atoms with Crippen LogP contribution in [-0.2, 0) is 4.74 Å². The smallest absolute Gasteiger partial charge is 0.255 e. The summed E-state index contributed by atoms with van der Waals surface area (Å²) >= 11 is 0. The number of rotatable bonds is 5. The first kappa shape index (κ1) is 15.3. The average Bonchev–Trinajstić information content (AvgIpc) is 2.44.